The number of ether oxygens (including phenoxy) is 1. The molecule has 1 fully saturated rings. The third-order valence-electron chi connectivity index (χ3n) is 2.33. The van der Waals surface area contributed by atoms with Gasteiger partial charge >= 0.3 is 5.97 Å². The number of hydrogen-bond donors (Lipinski definition) is 2. The molecule has 2 atom stereocenters. The summed E-state index contributed by atoms with van der Waals surface area (Å²) in [6, 6.07) is -0.753. The Labute approximate surface area is 71.7 Å². The Morgan fingerprint density at radius 1 is 1.83 bits per heavy atom. The zero-order valence-corrected chi connectivity index (χ0v) is 7.25. The van der Waals surface area contributed by atoms with Crippen LogP contribution in [0.15, 0.2) is 0 Å². The summed E-state index contributed by atoms with van der Waals surface area (Å²) in [5.41, 5.74) is 5.40. The van der Waals surface area contributed by atoms with Crippen molar-refractivity contribution in [3.05, 3.63) is 0 Å². The first kappa shape index (κ1) is 9.48. The average molecular weight is 173 g/mol. The minimum Gasteiger partial charge on any atom is -0.480 e. The summed E-state index contributed by atoms with van der Waals surface area (Å²) in [6.07, 6.45) is 1.41. The molecule has 12 heavy (non-hydrogen) atoms. The Bertz CT molecular complexity index is 175. The van der Waals surface area contributed by atoms with E-state index in [9.17, 15) is 4.79 Å². The van der Waals surface area contributed by atoms with Crippen LogP contribution in [-0.4, -0.2) is 30.3 Å². The lowest BCUT2D eigenvalue weighted by molar-refractivity contribution is -0.139. The molecule has 1 unspecified atom stereocenters. The van der Waals surface area contributed by atoms with Crippen molar-refractivity contribution in [2.75, 3.05) is 13.2 Å². The molecule has 4 nitrogen and oxygen atoms in total. The van der Waals surface area contributed by atoms with E-state index in [1.807, 2.05) is 6.92 Å². The maximum absolute atomic E-state index is 10.5. The molecule has 0 aromatic carbocycles. The van der Waals surface area contributed by atoms with Crippen LogP contribution in [0.4, 0.5) is 0 Å². The molecule has 0 saturated carbocycles. The van der Waals surface area contributed by atoms with E-state index in [1.54, 1.807) is 0 Å². The number of carbonyl (C=O) groups is 1. The molecule has 0 amide bonds. The lowest BCUT2D eigenvalue weighted by Gasteiger charge is -2.23. The molecule has 0 aliphatic carbocycles. The van der Waals surface area contributed by atoms with Crippen LogP contribution in [0.5, 0.6) is 0 Å². The second kappa shape index (κ2) is 3.41. The highest BCUT2D eigenvalue weighted by Crippen LogP contribution is 2.32. The van der Waals surface area contributed by atoms with Gasteiger partial charge in [-0.05, 0) is 18.3 Å². The van der Waals surface area contributed by atoms with E-state index >= 15 is 0 Å². The fourth-order valence-corrected chi connectivity index (χ4v) is 1.49. The molecule has 70 valence electrons. The molecule has 0 spiro atoms. The van der Waals surface area contributed by atoms with Crippen molar-refractivity contribution in [2.24, 2.45) is 11.1 Å². The summed E-state index contributed by atoms with van der Waals surface area (Å²) in [6.45, 7) is 3.37. The Morgan fingerprint density at radius 3 is 2.92 bits per heavy atom. The quantitative estimate of drug-likeness (QED) is 0.640. The zero-order valence-electron chi connectivity index (χ0n) is 7.25. The van der Waals surface area contributed by atoms with Crippen molar-refractivity contribution in [3.63, 3.8) is 0 Å². The minimum atomic E-state index is -0.928. The van der Waals surface area contributed by atoms with Crippen LogP contribution in [0.3, 0.4) is 0 Å². The van der Waals surface area contributed by atoms with E-state index < -0.39 is 12.0 Å². The fraction of sp³-hybridized carbons (Fsp3) is 0.875. The third-order valence-corrected chi connectivity index (χ3v) is 2.33. The highest BCUT2D eigenvalue weighted by atomic mass is 16.5. The molecule has 1 rings (SSSR count). The first-order valence-electron chi connectivity index (χ1n) is 4.10. The van der Waals surface area contributed by atoms with Gasteiger partial charge in [0.2, 0.25) is 0 Å². The third kappa shape index (κ3) is 2.19. The van der Waals surface area contributed by atoms with E-state index in [-0.39, 0.29) is 5.41 Å². The van der Waals surface area contributed by atoms with Crippen molar-refractivity contribution < 1.29 is 14.6 Å². The predicted octanol–water partition coefficient (Wildman–Crippen LogP) is 0.215. The van der Waals surface area contributed by atoms with Gasteiger partial charge in [0.05, 0.1) is 6.61 Å². The minimum absolute atomic E-state index is 0.0300. The van der Waals surface area contributed by atoms with Gasteiger partial charge in [0.15, 0.2) is 0 Å². The lowest BCUT2D eigenvalue weighted by atomic mass is 9.83. The molecule has 1 saturated heterocycles. The normalized spacial score (nSPS) is 31.8. The topological polar surface area (TPSA) is 72.6 Å². The van der Waals surface area contributed by atoms with Gasteiger partial charge in [-0.15, -0.1) is 0 Å². The molecule has 1 aliphatic rings. The molecular weight excluding hydrogens is 158 g/mol. The van der Waals surface area contributed by atoms with Crippen LogP contribution in [0.25, 0.3) is 0 Å². The van der Waals surface area contributed by atoms with Crippen molar-refractivity contribution in [3.8, 4) is 0 Å². The van der Waals surface area contributed by atoms with Gasteiger partial charge in [-0.3, -0.25) is 4.79 Å². The van der Waals surface area contributed by atoms with Gasteiger partial charge < -0.3 is 15.6 Å². The van der Waals surface area contributed by atoms with Crippen LogP contribution >= 0.6 is 0 Å². The molecule has 0 bridgehead atoms. The van der Waals surface area contributed by atoms with E-state index in [1.165, 1.54) is 0 Å². The molecular formula is C8H15NO3. The second-order valence-electron chi connectivity index (χ2n) is 3.76. The van der Waals surface area contributed by atoms with Gasteiger partial charge in [-0.2, -0.15) is 0 Å². The van der Waals surface area contributed by atoms with Gasteiger partial charge in [-0.25, -0.2) is 0 Å². The number of carboxylic acid groups (broad SMARTS) is 1. The summed E-state index contributed by atoms with van der Waals surface area (Å²) in [5.74, 6) is -0.928. The maximum atomic E-state index is 10.5. The standard InChI is InChI=1S/C8H15NO3/c1-8(2-3-12-5-8)4-6(9)7(10)11/h6H,2-5,9H2,1H3,(H,10,11)/t6-,8?/m1/s1. The number of hydrogen-bond acceptors (Lipinski definition) is 3. The number of aliphatic carboxylic acids is 1. The first-order chi connectivity index (χ1) is 5.53. The van der Waals surface area contributed by atoms with Crippen molar-refractivity contribution in [1.82, 2.24) is 0 Å². The zero-order chi connectivity index (χ0) is 9.19. The SMILES string of the molecule is CC1(C[C@@H](N)C(=O)O)CCOC1. The summed E-state index contributed by atoms with van der Waals surface area (Å²) in [4.78, 5) is 10.5. The largest absolute Gasteiger partial charge is 0.480 e. The van der Waals surface area contributed by atoms with E-state index in [0.717, 1.165) is 13.0 Å². The molecule has 3 N–H and O–H groups in total. The van der Waals surface area contributed by atoms with Crippen LogP contribution in [0.2, 0.25) is 0 Å². The summed E-state index contributed by atoms with van der Waals surface area (Å²) >= 11 is 0. The summed E-state index contributed by atoms with van der Waals surface area (Å²) in [5, 5.41) is 8.59. The van der Waals surface area contributed by atoms with Crippen molar-refractivity contribution >= 4 is 5.97 Å². The molecule has 1 heterocycles. The van der Waals surface area contributed by atoms with Crippen LogP contribution < -0.4 is 5.73 Å². The fourth-order valence-electron chi connectivity index (χ4n) is 1.49. The number of nitrogens with two attached hydrogens (primary N) is 1. The predicted molar refractivity (Wildman–Crippen MR) is 43.8 cm³/mol. The van der Waals surface area contributed by atoms with Gasteiger partial charge in [0.1, 0.15) is 6.04 Å². The maximum Gasteiger partial charge on any atom is 0.320 e. The highest BCUT2D eigenvalue weighted by molar-refractivity contribution is 5.73. The van der Waals surface area contributed by atoms with Crippen LogP contribution in [-0.2, 0) is 9.53 Å². The Balaban J connectivity index is 2.43. The van der Waals surface area contributed by atoms with Gasteiger partial charge in [0.25, 0.3) is 0 Å². The first-order valence-corrected chi connectivity index (χ1v) is 4.10. The lowest BCUT2D eigenvalue weighted by Crippen LogP contribution is -2.36. The van der Waals surface area contributed by atoms with Crippen LogP contribution in [0, 0.1) is 5.41 Å². The second-order valence-corrected chi connectivity index (χ2v) is 3.76. The smallest absolute Gasteiger partial charge is 0.320 e. The Hall–Kier alpha value is -0.610. The monoisotopic (exact) mass is 173 g/mol. The molecule has 0 aromatic rings. The highest BCUT2D eigenvalue weighted by Gasteiger charge is 2.33. The van der Waals surface area contributed by atoms with E-state index in [2.05, 4.69) is 0 Å². The van der Waals surface area contributed by atoms with E-state index in [0.29, 0.717) is 13.0 Å². The Morgan fingerprint density at radius 2 is 2.50 bits per heavy atom. The summed E-state index contributed by atoms with van der Waals surface area (Å²) < 4.78 is 5.19. The summed E-state index contributed by atoms with van der Waals surface area (Å²) in [7, 11) is 0. The molecule has 4 heteroatoms. The van der Waals surface area contributed by atoms with Crippen molar-refractivity contribution in [1.29, 1.82) is 0 Å². The van der Waals surface area contributed by atoms with E-state index in [4.69, 9.17) is 15.6 Å². The number of rotatable bonds is 3. The number of carboxylic acids is 1. The van der Waals surface area contributed by atoms with Gasteiger partial charge in [-0.1, -0.05) is 6.92 Å². The molecule has 0 radical (unpaired) electrons. The van der Waals surface area contributed by atoms with Crippen molar-refractivity contribution in [2.45, 2.75) is 25.8 Å². The molecule has 0 aromatic heterocycles. The molecule has 1 aliphatic heterocycles. The van der Waals surface area contributed by atoms with Gasteiger partial charge in [0, 0.05) is 6.61 Å². The Kier molecular flexibility index (Phi) is 2.69. The average Bonchev–Trinajstić information content (AvgIpc) is 2.35. The van der Waals surface area contributed by atoms with Crippen LogP contribution in [0.1, 0.15) is 19.8 Å².